The van der Waals surface area contributed by atoms with Gasteiger partial charge in [-0.2, -0.15) is 0 Å². The van der Waals surface area contributed by atoms with E-state index in [1.807, 2.05) is 53.8 Å². The maximum absolute atomic E-state index is 11.9. The minimum atomic E-state index is -0.299. The molecule has 1 aromatic carbocycles. The Hall–Kier alpha value is -3.37. The van der Waals surface area contributed by atoms with Gasteiger partial charge in [-0.3, -0.25) is 0 Å². The van der Waals surface area contributed by atoms with Gasteiger partial charge < -0.3 is 29.5 Å². The highest BCUT2D eigenvalue weighted by Crippen LogP contribution is 2.36. The quantitative estimate of drug-likeness (QED) is 0.296. The maximum atomic E-state index is 11.9. The van der Waals surface area contributed by atoms with Crippen molar-refractivity contribution in [3.05, 3.63) is 40.2 Å². The summed E-state index contributed by atoms with van der Waals surface area (Å²) in [6.45, 7) is 12.4. The lowest BCUT2D eigenvalue weighted by Gasteiger charge is -2.32. The zero-order valence-corrected chi connectivity index (χ0v) is 25.3. The van der Waals surface area contributed by atoms with Crippen molar-refractivity contribution < 1.29 is 18.8 Å². The smallest absolute Gasteiger partial charge is 0.409 e. The number of anilines is 1. The van der Waals surface area contributed by atoms with Crippen molar-refractivity contribution in [2.75, 3.05) is 45.7 Å². The van der Waals surface area contributed by atoms with Gasteiger partial charge in [0.15, 0.2) is 5.82 Å². The first-order chi connectivity index (χ1) is 19.3. The van der Waals surface area contributed by atoms with Crippen molar-refractivity contribution >= 4 is 23.5 Å². The molecule has 11 heteroatoms. The molecule has 2 N–H and O–H groups in total. The Morgan fingerprint density at radius 3 is 2.52 bits per heavy atom. The van der Waals surface area contributed by atoms with Crippen LogP contribution in [-0.4, -0.2) is 72.6 Å². The average molecular weight is 573 g/mol. The van der Waals surface area contributed by atoms with E-state index in [0.717, 1.165) is 48.3 Å². The highest BCUT2D eigenvalue weighted by atomic mass is 35.5. The first kappa shape index (κ1) is 31.2. The third-order valence-electron chi connectivity index (χ3n) is 6.70. The molecule has 0 saturated carbocycles. The van der Waals surface area contributed by atoms with Crippen molar-refractivity contribution in [1.82, 2.24) is 25.3 Å². The van der Waals surface area contributed by atoms with E-state index in [2.05, 4.69) is 15.8 Å². The van der Waals surface area contributed by atoms with Crippen LogP contribution in [0.5, 0.6) is 5.75 Å². The number of piperidine rings is 1. The van der Waals surface area contributed by atoms with Crippen LogP contribution in [0, 0.1) is 20.8 Å². The number of carbonyl (C=O) groups excluding carboxylic acids is 1. The number of carbonyl (C=O) groups is 1. The molecule has 0 bridgehead atoms. The van der Waals surface area contributed by atoms with Gasteiger partial charge in [-0.25, -0.2) is 14.8 Å². The second-order valence-corrected chi connectivity index (χ2v) is 9.80. The summed E-state index contributed by atoms with van der Waals surface area (Å²) in [7, 11) is 3.32. The molecule has 1 saturated heterocycles. The van der Waals surface area contributed by atoms with Crippen LogP contribution < -0.4 is 15.4 Å². The zero-order valence-electron chi connectivity index (χ0n) is 24.6. The van der Waals surface area contributed by atoms with Crippen molar-refractivity contribution in [1.29, 1.82) is 0 Å². The number of methoxy groups -OCH3 is 1. The number of aryl methyl sites for hydroxylation is 2. The average Bonchev–Trinajstić information content (AvgIpc) is 3.31. The summed E-state index contributed by atoms with van der Waals surface area (Å²) in [6, 6.07) is 5.66. The van der Waals surface area contributed by atoms with E-state index >= 15 is 0 Å². The van der Waals surface area contributed by atoms with E-state index < -0.39 is 0 Å². The first-order valence-corrected chi connectivity index (χ1v) is 14.2. The minimum absolute atomic E-state index is 0.132. The van der Waals surface area contributed by atoms with Crippen LogP contribution in [-0.2, 0) is 4.74 Å². The molecule has 2 aromatic heterocycles. The highest BCUT2D eigenvalue weighted by molar-refractivity contribution is 6.33. The second-order valence-electron chi connectivity index (χ2n) is 9.39. The number of benzene rings is 1. The summed E-state index contributed by atoms with van der Waals surface area (Å²) in [4.78, 5) is 23.5. The number of hydrogen-bond acceptors (Lipinski definition) is 9. The van der Waals surface area contributed by atoms with Gasteiger partial charge >= 0.3 is 6.09 Å². The molecular weight excluding hydrogens is 532 g/mol. The zero-order chi connectivity index (χ0) is 29.2. The Bertz CT molecular complexity index is 1250. The molecule has 4 rings (SSSR count). The SMILES string of the molecule is CC.CNCCCOc1ccc(Cl)c(-c2nc(NC3CCN(C(=O)OC)CC3)c(C)c(-c3c(C)noc3C)n2)c1. The Labute approximate surface area is 241 Å². The molecular formula is C29H41ClN6O4. The Balaban J connectivity index is 0.00000216. The molecule has 0 spiro atoms. The normalized spacial score (nSPS) is 13.4. The topological polar surface area (TPSA) is 115 Å². The molecule has 1 aliphatic heterocycles. The highest BCUT2D eigenvalue weighted by Gasteiger charge is 2.26. The molecule has 0 aliphatic carbocycles. The molecule has 0 radical (unpaired) electrons. The number of hydrogen-bond donors (Lipinski definition) is 2. The Morgan fingerprint density at radius 1 is 1.18 bits per heavy atom. The van der Waals surface area contributed by atoms with Gasteiger partial charge in [0.2, 0.25) is 0 Å². The standard InChI is InChI=1S/C27H35ClN6O4.C2H6/c1-16-24(23-17(2)33-38-18(23)3)31-26(21-15-20(7-8-22(21)28)37-14-6-11-29-4)32-25(16)30-19-9-12-34(13-10-19)27(35)36-5;1-2/h7-8,15,19,29H,6,9-14H2,1-5H3,(H,30,31,32);1-2H3. The fourth-order valence-corrected chi connectivity index (χ4v) is 4.78. The predicted octanol–water partition coefficient (Wildman–Crippen LogP) is 6.03. The monoisotopic (exact) mass is 572 g/mol. The van der Waals surface area contributed by atoms with Crippen LogP contribution in [0.3, 0.4) is 0 Å². The van der Waals surface area contributed by atoms with Crippen molar-refractivity contribution in [2.24, 2.45) is 0 Å². The fourth-order valence-electron chi connectivity index (χ4n) is 4.58. The van der Waals surface area contributed by atoms with Gasteiger partial charge in [0, 0.05) is 30.3 Å². The van der Waals surface area contributed by atoms with E-state index in [0.29, 0.717) is 53.4 Å². The summed E-state index contributed by atoms with van der Waals surface area (Å²) in [5.41, 5.74) is 3.88. The lowest BCUT2D eigenvalue weighted by atomic mass is 10.0. The third-order valence-corrected chi connectivity index (χ3v) is 7.03. The van der Waals surface area contributed by atoms with E-state index in [1.54, 1.807) is 11.0 Å². The van der Waals surface area contributed by atoms with Crippen molar-refractivity contribution in [3.8, 4) is 28.4 Å². The number of rotatable bonds is 9. The van der Waals surface area contributed by atoms with Crippen LogP contribution in [0.25, 0.3) is 22.6 Å². The number of amides is 1. The molecule has 1 amide bonds. The largest absolute Gasteiger partial charge is 0.494 e. The molecule has 0 unspecified atom stereocenters. The van der Waals surface area contributed by atoms with Gasteiger partial charge in [0.1, 0.15) is 17.3 Å². The maximum Gasteiger partial charge on any atom is 0.409 e. The number of halogens is 1. The van der Waals surface area contributed by atoms with Gasteiger partial charge in [-0.15, -0.1) is 0 Å². The summed E-state index contributed by atoms with van der Waals surface area (Å²) >= 11 is 6.65. The first-order valence-electron chi connectivity index (χ1n) is 13.8. The minimum Gasteiger partial charge on any atom is -0.494 e. The molecule has 40 heavy (non-hydrogen) atoms. The van der Waals surface area contributed by atoms with Gasteiger partial charge in [-0.1, -0.05) is 30.6 Å². The van der Waals surface area contributed by atoms with E-state index in [-0.39, 0.29) is 12.1 Å². The second kappa shape index (κ2) is 14.9. The number of nitrogens with one attached hydrogen (secondary N) is 2. The van der Waals surface area contributed by atoms with E-state index in [9.17, 15) is 4.79 Å². The van der Waals surface area contributed by atoms with Crippen LogP contribution in [0.15, 0.2) is 22.7 Å². The summed E-state index contributed by atoms with van der Waals surface area (Å²) < 4.78 is 16.3. The summed E-state index contributed by atoms with van der Waals surface area (Å²) in [6.07, 6.45) is 2.12. The predicted molar refractivity (Wildman–Crippen MR) is 158 cm³/mol. The molecule has 1 fully saturated rings. The van der Waals surface area contributed by atoms with Gasteiger partial charge in [0.25, 0.3) is 0 Å². The molecule has 0 atom stereocenters. The molecule has 218 valence electrons. The van der Waals surface area contributed by atoms with Crippen LogP contribution in [0.2, 0.25) is 5.02 Å². The number of likely N-dealkylation sites (tertiary alicyclic amines) is 1. The van der Waals surface area contributed by atoms with E-state index in [1.165, 1.54) is 7.11 Å². The van der Waals surface area contributed by atoms with Gasteiger partial charge in [0.05, 0.1) is 35.7 Å². The van der Waals surface area contributed by atoms with Crippen LogP contribution in [0.4, 0.5) is 10.6 Å². The lowest BCUT2D eigenvalue weighted by Crippen LogP contribution is -2.42. The van der Waals surface area contributed by atoms with Crippen molar-refractivity contribution in [3.63, 3.8) is 0 Å². The summed E-state index contributed by atoms with van der Waals surface area (Å²) in [5, 5.41) is 11.4. The van der Waals surface area contributed by atoms with Crippen LogP contribution >= 0.6 is 11.6 Å². The van der Waals surface area contributed by atoms with Crippen molar-refractivity contribution in [2.45, 2.75) is 59.9 Å². The number of aromatic nitrogens is 3. The molecule has 10 nitrogen and oxygen atoms in total. The van der Waals surface area contributed by atoms with E-state index in [4.69, 9.17) is 35.6 Å². The molecule has 3 aromatic rings. The fraction of sp³-hybridized carbons (Fsp3) is 0.517. The third kappa shape index (κ3) is 7.42. The lowest BCUT2D eigenvalue weighted by molar-refractivity contribution is 0.113. The number of ether oxygens (including phenoxy) is 2. The molecule has 3 heterocycles. The Morgan fingerprint density at radius 2 is 1.90 bits per heavy atom. The van der Waals surface area contributed by atoms with Crippen LogP contribution in [0.1, 0.15) is 50.1 Å². The van der Waals surface area contributed by atoms with Gasteiger partial charge in [-0.05, 0) is 71.8 Å². The molecule has 1 aliphatic rings. The Kier molecular flexibility index (Phi) is 11.6. The number of nitrogens with zero attached hydrogens (tertiary/aromatic N) is 4. The summed E-state index contributed by atoms with van der Waals surface area (Å²) in [5.74, 6) is 2.57.